The van der Waals surface area contributed by atoms with E-state index in [1.165, 1.54) is 5.56 Å². The van der Waals surface area contributed by atoms with Crippen molar-refractivity contribution in [1.29, 1.82) is 0 Å². The molecule has 3 N–H and O–H groups in total. The van der Waals surface area contributed by atoms with Crippen LogP contribution in [0.15, 0.2) is 53.1 Å². The molecule has 0 saturated carbocycles. The molecule has 0 unspecified atom stereocenters. The van der Waals surface area contributed by atoms with Crippen molar-refractivity contribution in [2.45, 2.75) is 6.54 Å². The number of nitrogen functional groups attached to an aromatic ring is 1. The van der Waals surface area contributed by atoms with Crippen molar-refractivity contribution >= 4 is 38.2 Å². The monoisotopic (exact) mass is 340 g/mol. The summed E-state index contributed by atoms with van der Waals surface area (Å²) in [6.45, 7) is 4.60. The Bertz CT molecular complexity index is 782. The average Bonchev–Trinajstić information content (AvgIpc) is 2.48. The topological polar surface area (TPSA) is 50.9 Å². The van der Waals surface area contributed by atoms with E-state index >= 15 is 0 Å². The van der Waals surface area contributed by atoms with Gasteiger partial charge < -0.3 is 11.1 Å². The summed E-state index contributed by atoms with van der Waals surface area (Å²) in [6.07, 6.45) is 1.69. The lowest BCUT2D eigenvalue weighted by Crippen LogP contribution is -2.04. The molecule has 0 aliphatic heterocycles. The number of halogens is 1. The van der Waals surface area contributed by atoms with Gasteiger partial charge in [-0.05, 0) is 36.2 Å². The molecule has 1 aromatic heterocycles. The van der Waals surface area contributed by atoms with Gasteiger partial charge in [-0.25, -0.2) is 0 Å². The smallest absolute Gasteiger partial charge is 0.0743 e. The Kier molecular flexibility index (Phi) is 3.80. The summed E-state index contributed by atoms with van der Waals surface area (Å²) in [7, 11) is 0. The lowest BCUT2D eigenvalue weighted by Gasteiger charge is -2.12. The third-order valence-corrected chi connectivity index (χ3v) is 3.85. The highest BCUT2D eigenvalue weighted by Gasteiger charge is 2.07. The second kappa shape index (κ2) is 5.74. The summed E-state index contributed by atoms with van der Waals surface area (Å²) >= 11 is 3.46. The lowest BCUT2D eigenvalue weighted by atomic mass is 10.1. The lowest BCUT2D eigenvalue weighted by molar-refractivity contribution is 1.15. The van der Waals surface area contributed by atoms with E-state index in [4.69, 9.17) is 5.73 Å². The van der Waals surface area contributed by atoms with E-state index in [-0.39, 0.29) is 0 Å². The van der Waals surface area contributed by atoms with Crippen LogP contribution in [0.5, 0.6) is 0 Å². The maximum Gasteiger partial charge on any atom is 0.0743 e. The molecule has 1 radical (unpaired) electrons. The average molecular weight is 341 g/mol. The van der Waals surface area contributed by atoms with Gasteiger partial charge in [-0.1, -0.05) is 40.2 Å². The zero-order chi connectivity index (χ0) is 14.8. The number of anilines is 2. The number of nitrogens with one attached hydrogen (secondary N) is 1. The minimum Gasteiger partial charge on any atom is -0.396 e. The van der Waals surface area contributed by atoms with Gasteiger partial charge in [0.25, 0.3) is 0 Å². The molecular formula is C17H15BrN3. The predicted molar refractivity (Wildman–Crippen MR) is 92.1 cm³/mol. The first-order chi connectivity index (χ1) is 10.1. The van der Waals surface area contributed by atoms with Crippen molar-refractivity contribution in [1.82, 2.24) is 4.98 Å². The molecule has 2 aromatic carbocycles. The highest BCUT2D eigenvalue weighted by molar-refractivity contribution is 9.10. The van der Waals surface area contributed by atoms with Crippen LogP contribution in [0.1, 0.15) is 11.1 Å². The second-order valence-corrected chi connectivity index (χ2v) is 5.84. The van der Waals surface area contributed by atoms with Crippen LogP contribution in [0, 0.1) is 6.92 Å². The first-order valence-electron chi connectivity index (χ1n) is 6.62. The fourth-order valence-corrected chi connectivity index (χ4v) is 2.58. The number of nitrogens with zero attached hydrogens (tertiary/aromatic N) is 1. The van der Waals surface area contributed by atoms with E-state index in [1.807, 2.05) is 30.3 Å². The van der Waals surface area contributed by atoms with Crippen LogP contribution in [0.3, 0.4) is 0 Å². The Morgan fingerprint density at radius 2 is 1.90 bits per heavy atom. The van der Waals surface area contributed by atoms with E-state index < -0.39 is 0 Å². The van der Waals surface area contributed by atoms with Crippen LogP contribution in [-0.2, 0) is 6.54 Å². The maximum absolute atomic E-state index is 6.07. The molecule has 3 nitrogen and oxygen atoms in total. The van der Waals surface area contributed by atoms with E-state index in [9.17, 15) is 0 Å². The van der Waals surface area contributed by atoms with Crippen molar-refractivity contribution in [3.63, 3.8) is 0 Å². The molecule has 0 aliphatic carbocycles. The standard InChI is InChI=1S/C17H15BrN3/c1-11-2-4-12(5-3-11)9-21-17-14-7-6-13(18)8-16(14)20-10-15(17)19/h2-8,10H,1,9,19H2,(H,20,21). The summed E-state index contributed by atoms with van der Waals surface area (Å²) in [6, 6.07) is 14.1. The first kappa shape index (κ1) is 13.9. The maximum atomic E-state index is 6.07. The van der Waals surface area contributed by atoms with Gasteiger partial charge in [0.2, 0.25) is 0 Å². The number of hydrogen-bond acceptors (Lipinski definition) is 3. The van der Waals surface area contributed by atoms with Crippen LogP contribution >= 0.6 is 15.9 Å². The molecule has 1 heterocycles. The highest BCUT2D eigenvalue weighted by Crippen LogP contribution is 2.30. The minimum absolute atomic E-state index is 0.651. The Hall–Kier alpha value is -2.07. The molecule has 0 amide bonds. The molecular weight excluding hydrogens is 326 g/mol. The molecule has 0 atom stereocenters. The van der Waals surface area contributed by atoms with E-state index in [1.54, 1.807) is 6.20 Å². The highest BCUT2D eigenvalue weighted by atomic mass is 79.9. The number of fused-ring (bicyclic) bond motifs is 1. The van der Waals surface area contributed by atoms with Crippen molar-refractivity contribution in [2.24, 2.45) is 0 Å². The fourth-order valence-electron chi connectivity index (χ4n) is 2.23. The SMILES string of the molecule is [CH2]c1ccc(CNc2c(N)cnc3cc(Br)ccc23)cc1. The van der Waals surface area contributed by atoms with Gasteiger partial charge in [0.15, 0.2) is 0 Å². The molecule has 0 aliphatic rings. The number of pyridine rings is 1. The molecule has 0 bridgehead atoms. The van der Waals surface area contributed by atoms with Crippen molar-refractivity contribution in [3.05, 3.63) is 71.2 Å². The quantitative estimate of drug-likeness (QED) is 0.744. The second-order valence-electron chi connectivity index (χ2n) is 4.92. The number of rotatable bonds is 3. The predicted octanol–water partition coefficient (Wildman–Crippen LogP) is 4.37. The van der Waals surface area contributed by atoms with Gasteiger partial charge in [-0.3, -0.25) is 4.98 Å². The van der Waals surface area contributed by atoms with Crippen LogP contribution in [0.4, 0.5) is 11.4 Å². The molecule has 0 saturated heterocycles. The molecule has 0 fully saturated rings. The summed E-state index contributed by atoms with van der Waals surface area (Å²) in [5.74, 6) is 0. The van der Waals surface area contributed by atoms with E-state index in [0.29, 0.717) is 12.2 Å². The van der Waals surface area contributed by atoms with Crippen molar-refractivity contribution in [2.75, 3.05) is 11.1 Å². The van der Waals surface area contributed by atoms with Gasteiger partial charge in [0.05, 0.1) is 23.1 Å². The number of nitrogens with two attached hydrogens (primary N) is 1. The Balaban J connectivity index is 1.92. The largest absolute Gasteiger partial charge is 0.396 e. The number of aromatic nitrogens is 1. The summed E-state index contributed by atoms with van der Waals surface area (Å²) < 4.78 is 1.00. The van der Waals surface area contributed by atoms with Crippen LogP contribution in [0.25, 0.3) is 10.9 Å². The number of hydrogen-bond donors (Lipinski definition) is 2. The van der Waals surface area contributed by atoms with Gasteiger partial charge >= 0.3 is 0 Å². The number of benzene rings is 2. The van der Waals surface area contributed by atoms with Crippen molar-refractivity contribution < 1.29 is 0 Å². The third-order valence-electron chi connectivity index (χ3n) is 3.35. The summed E-state index contributed by atoms with van der Waals surface area (Å²) in [5, 5.41) is 4.43. The third kappa shape index (κ3) is 3.00. The molecule has 0 spiro atoms. The molecule has 105 valence electrons. The van der Waals surface area contributed by atoms with Gasteiger partial charge in [-0.15, -0.1) is 0 Å². The van der Waals surface area contributed by atoms with Gasteiger partial charge in [0.1, 0.15) is 0 Å². The zero-order valence-corrected chi connectivity index (χ0v) is 13.0. The van der Waals surface area contributed by atoms with Gasteiger partial charge in [0, 0.05) is 16.4 Å². The zero-order valence-electron chi connectivity index (χ0n) is 11.4. The van der Waals surface area contributed by atoms with Crippen LogP contribution in [-0.4, -0.2) is 4.98 Å². The van der Waals surface area contributed by atoms with E-state index in [2.05, 4.69) is 45.3 Å². The first-order valence-corrected chi connectivity index (χ1v) is 7.41. The molecule has 3 aromatic rings. The van der Waals surface area contributed by atoms with Gasteiger partial charge in [-0.2, -0.15) is 0 Å². The van der Waals surface area contributed by atoms with Crippen LogP contribution < -0.4 is 11.1 Å². The molecule has 21 heavy (non-hydrogen) atoms. The normalized spacial score (nSPS) is 10.8. The summed E-state index contributed by atoms with van der Waals surface area (Å²) in [5.41, 5.74) is 10.7. The minimum atomic E-state index is 0.651. The Labute approximate surface area is 132 Å². The molecule has 3 rings (SSSR count). The Morgan fingerprint density at radius 1 is 1.14 bits per heavy atom. The van der Waals surface area contributed by atoms with E-state index in [0.717, 1.165) is 26.6 Å². The summed E-state index contributed by atoms with van der Waals surface area (Å²) in [4.78, 5) is 4.37. The molecule has 4 heteroatoms. The Morgan fingerprint density at radius 3 is 2.67 bits per heavy atom. The van der Waals surface area contributed by atoms with Crippen molar-refractivity contribution in [3.8, 4) is 0 Å². The van der Waals surface area contributed by atoms with Crippen LogP contribution in [0.2, 0.25) is 0 Å². The fraction of sp³-hybridized carbons (Fsp3) is 0.0588.